The molecule has 0 radical (unpaired) electrons. The lowest BCUT2D eigenvalue weighted by atomic mass is 9.89. The number of ether oxygens (including phenoxy) is 1. The van der Waals surface area contributed by atoms with Crippen molar-refractivity contribution >= 4 is 23.5 Å². The summed E-state index contributed by atoms with van der Waals surface area (Å²) in [4.78, 5) is 22.7. The lowest BCUT2D eigenvalue weighted by Crippen LogP contribution is -2.38. The molecule has 1 unspecified atom stereocenters. The minimum atomic E-state index is -0.794. The Morgan fingerprint density at radius 2 is 2.00 bits per heavy atom. The first-order valence-corrected chi connectivity index (χ1v) is 6.08. The number of hydrogen-bond acceptors (Lipinski definition) is 3. The smallest absolute Gasteiger partial charge is 0.325 e. The minimum Gasteiger partial charge on any atom is -0.468 e. The molecule has 0 bridgehead atoms. The molecule has 1 aliphatic carbocycles. The number of esters is 1. The van der Waals surface area contributed by atoms with Gasteiger partial charge in [0.05, 0.1) is 7.11 Å². The quantitative estimate of drug-likeness (QED) is 0.605. The molecule has 1 aliphatic rings. The zero-order valence-electron chi connectivity index (χ0n) is 9.50. The topological polar surface area (TPSA) is 55.4 Å². The van der Waals surface area contributed by atoms with Gasteiger partial charge in [0.15, 0.2) is 0 Å². The number of halogens is 1. The lowest BCUT2D eigenvalue weighted by Gasteiger charge is -2.21. The fraction of sp³-hybridized carbons (Fsp3) is 0.818. The van der Waals surface area contributed by atoms with Gasteiger partial charge in [0.2, 0.25) is 5.91 Å². The van der Waals surface area contributed by atoms with Gasteiger partial charge in [0, 0.05) is 12.5 Å². The third-order valence-corrected chi connectivity index (χ3v) is 3.22. The Hall–Kier alpha value is -0.770. The van der Waals surface area contributed by atoms with Crippen molar-refractivity contribution in [2.75, 3.05) is 13.7 Å². The number of nitrogens with one attached hydrogen (secondary N) is 1. The van der Waals surface area contributed by atoms with E-state index in [1.165, 1.54) is 13.5 Å². The number of alkyl halides is 1. The van der Waals surface area contributed by atoms with Gasteiger partial charge in [-0.05, 0) is 12.8 Å². The summed E-state index contributed by atoms with van der Waals surface area (Å²) >= 11 is 5.73. The molecule has 1 N–H and O–H groups in total. The monoisotopic (exact) mass is 247 g/mol. The van der Waals surface area contributed by atoms with E-state index in [9.17, 15) is 9.59 Å². The molecule has 5 heteroatoms. The predicted molar refractivity (Wildman–Crippen MR) is 61.2 cm³/mol. The molecular formula is C11H18ClNO3. The predicted octanol–water partition coefficient (Wildman–Crippen LogP) is 1.46. The van der Waals surface area contributed by atoms with Crippen molar-refractivity contribution in [3.05, 3.63) is 0 Å². The van der Waals surface area contributed by atoms with E-state index in [2.05, 4.69) is 10.1 Å². The highest BCUT2D eigenvalue weighted by molar-refractivity contribution is 6.30. The number of carbonyl (C=O) groups excluding carboxylic acids is 2. The van der Waals surface area contributed by atoms with Crippen LogP contribution in [0, 0.1) is 5.92 Å². The average molecular weight is 248 g/mol. The van der Waals surface area contributed by atoms with E-state index in [4.69, 9.17) is 11.6 Å². The molecule has 0 aromatic heterocycles. The van der Waals surface area contributed by atoms with Crippen LogP contribution in [0.1, 0.15) is 32.1 Å². The van der Waals surface area contributed by atoms with Crippen molar-refractivity contribution in [2.45, 2.75) is 37.5 Å². The Labute approximate surface area is 101 Å². The largest absolute Gasteiger partial charge is 0.468 e. The number of hydrogen-bond donors (Lipinski definition) is 1. The van der Waals surface area contributed by atoms with Gasteiger partial charge in [-0.15, -0.1) is 11.6 Å². The van der Waals surface area contributed by atoms with E-state index >= 15 is 0 Å². The Morgan fingerprint density at radius 1 is 1.38 bits per heavy atom. The highest BCUT2D eigenvalue weighted by Gasteiger charge is 2.23. The Balaban J connectivity index is 2.26. The maximum Gasteiger partial charge on any atom is 0.325 e. The molecule has 1 atom stereocenters. The van der Waals surface area contributed by atoms with Crippen LogP contribution in [0.15, 0.2) is 0 Å². The van der Waals surface area contributed by atoms with Crippen LogP contribution in [0.25, 0.3) is 0 Å². The van der Waals surface area contributed by atoms with Gasteiger partial charge in [-0.3, -0.25) is 9.59 Å². The minimum absolute atomic E-state index is 0.00857. The molecule has 92 valence electrons. The number of rotatable bonds is 4. The van der Waals surface area contributed by atoms with Crippen LogP contribution < -0.4 is 5.32 Å². The van der Waals surface area contributed by atoms with Crippen LogP contribution in [0.2, 0.25) is 0 Å². The van der Waals surface area contributed by atoms with Gasteiger partial charge in [0.1, 0.15) is 5.38 Å². The van der Waals surface area contributed by atoms with Gasteiger partial charge >= 0.3 is 5.97 Å². The zero-order valence-corrected chi connectivity index (χ0v) is 10.3. The summed E-state index contributed by atoms with van der Waals surface area (Å²) in [5, 5.41) is 1.90. The third-order valence-electron chi connectivity index (χ3n) is 2.89. The van der Waals surface area contributed by atoms with Crippen molar-refractivity contribution in [3.63, 3.8) is 0 Å². The van der Waals surface area contributed by atoms with Gasteiger partial charge in [-0.25, -0.2) is 0 Å². The summed E-state index contributed by atoms with van der Waals surface area (Å²) in [6, 6.07) is 0. The molecule has 1 saturated carbocycles. The van der Waals surface area contributed by atoms with E-state index in [0.29, 0.717) is 0 Å². The van der Waals surface area contributed by atoms with E-state index in [0.717, 1.165) is 25.7 Å². The Bertz CT molecular complexity index is 252. The number of methoxy groups -OCH3 is 1. The highest BCUT2D eigenvalue weighted by atomic mass is 35.5. The van der Waals surface area contributed by atoms with Crippen molar-refractivity contribution in [1.82, 2.24) is 5.32 Å². The van der Waals surface area contributed by atoms with Gasteiger partial charge in [0.25, 0.3) is 0 Å². The van der Waals surface area contributed by atoms with Crippen LogP contribution in [-0.2, 0) is 14.3 Å². The molecule has 1 rings (SSSR count). The summed E-state index contributed by atoms with van der Waals surface area (Å²) in [6.45, 7) is 0.142. The van der Waals surface area contributed by atoms with Crippen molar-refractivity contribution < 1.29 is 14.3 Å². The van der Waals surface area contributed by atoms with Crippen molar-refractivity contribution in [2.24, 2.45) is 5.92 Å². The standard InChI is InChI=1S/C11H18ClNO3/c1-16-11(15)9(12)7-13-10(14)8-5-3-2-4-6-8/h8-9H,2-7H2,1H3,(H,13,14). The first kappa shape index (κ1) is 13.3. The third kappa shape index (κ3) is 4.00. The molecule has 16 heavy (non-hydrogen) atoms. The maximum atomic E-state index is 11.7. The average Bonchev–Trinajstić information content (AvgIpc) is 2.35. The first-order chi connectivity index (χ1) is 7.65. The molecule has 1 fully saturated rings. The number of carbonyl (C=O) groups is 2. The summed E-state index contributed by atoms with van der Waals surface area (Å²) in [6.07, 6.45) is 5.32. The summed E-state index contributed by atoms with van der Waals surface area (Å²) in [5.41, 5.74) is 0. The molecule has 0 aliphatic heterocycles. The molecule has 0 aromatic rings. The Morgan fingerprint density at radius 3 is 2.56 bits per heavy atom. The molecule has 0 aromatic carbocycles. The maximum absolute atomic E-state index is 11.7. The summed E-state index contributed by atoms with van der Waals surface area (Å²) < 4.78 is 4.47. The van der Waals surface area contributed by atoms with Crippen LogP contribution in [0.5, 0.6) is 0 Å². The van der Waals surface area contributed by atoms with E-state index in [1.54, 1.807) is 0 Å². The molecule has 4 nitrogen and oxygen atoms in total. The summed E-state index contributed by atoms with van der Waals surface area (Å²) in [5.74, 6) is -0.407. The highest BCUT2D eigenvalue weighted by Crippen LogP contribution is 2.23. The van der Waals surface area contributed by atoms with Crippen LogP contribution >= 0.6 is 11.6 Å². The second-order valence-corrected chi connectivity index (χ2v) is 4.60. The zero-order chi connectivity index (χ0) is 12.0. The fourth-order valence-electron chi connectivity index (χ4n) is 1.91. The van der Waals surface area contributed by atoms with Crippen LogP contribution in [-0.4, -0.2) is 30.9 Å². The Kier molecular flexibility index (Phi) is 5.60. The van der Waals surface area contributed by atoms with E-state index in [1.807, 2.05) is 0 Å². The SMILES string of the molecule is COC(=O)C(Cl)CNC(=O)C1CCCCC1. The van der Waals surface area contributed by atoms with Crippen molar-refractivity contribution in [1.29, 1.82) is 0 Å². The van der Waals surface area contributed by atoms with Crippen LogP contribution in [0.4, 0.5) is 0 Å². The first-order valence-electron chi connectivity index (χ1n) is 5.64. The fourth-order valence-corrected chi connectivity index (χ4v) is 2.08. The van der Waals surface area contributed by atoms with Crippen molar-refractivity contribution in [3.8, 4) is 0 Å². The van der Waals surface area contributed by atoms with Gasteiger partial charge in [-0.1, -0.05) is 19.3 Å². The molecular weight excluding hydrogens is 230 g/mol. The lowest BCUT2D eigenvalue weighted by molar-refractivity contribution is -0.140. The second kappa shape index (κ2) is 6.74. The van der Waals surface area contributed by atoms with Gasteiger partial charge < -0.3 is 10.1 Å². The van der Waals surface area contributed by atoms with E-state index in [-0.39, 0.29) is 18.4 Å². The normalized spacial score (nSPS) is 18.9. The second-order valence-electron chi connectivity index (χ2n) is 4.07. The van der Waals surface area contributed by atoms with Crippen LogP contribution in [0.3, 0.4) is 0 Å². The van der Waals surface area contributed by atoms with Gasteiger partial charge in [-0.2, -0.15) is 0 Å². The molecule has 0 heterocycles. The van der Waals surface area contributed by atoms with E-state index < -0.39 is 11.3 Å². The molecule has 1 amide bonds. The summed E-state index contributed by atoms with van der Waals surface area (Å²) in [7, 11) is 1.28. The molecule has 0 spiro atoms. The molecule has 0 saturated heterocycles. The number of amides is 1.